The van der Waals surface area contributed by atoms with Crippen LogP contribution in [0.15, 0.2) is 30.3 Å². The molecule has 6 heteroatoms. The van der Waals surface area contributed by atoms with E-state index in [0.717, 1.165) is 50.0 Å². The number of hydrogen-bond acceptors (Lipinski definition) is 3. The Bertz CT molecular complexity index is 774. The van der Waals surface area contributed by atoms with Crippen LogP contribution in [-0.4, -0.2) is 39.6 Å². The highest BCUT2D eigenvalue weighted by Crippen LogP contribution is 2.14. The first-order valence-corrected chi connectivity index (χ1v) is 9.28. The third-order valence-electron chi connectivity index (χ3n) is 4.72. The van der Waals surface area contributed by atoms with E-state index in [-0.39, 0.29) is 11.8 Å². The highest BCUT2D eigenvalue weighted by molar-refractivity contribution is 5.94. The van der Waals surface area contributed by atoms with Crippen LogP contribution in [0.1, 0.15) is 58.3 Å². The molecule has 1 aromatic heterocycles. The summed E-state index contributed by atoms with van der Waals surface area (Å²) < 4.78 is 1.62. The standard InChI is InChI=1S/C20H26N4O2/c1-3-6-17-13-18(23(2)22-17)19(25)21-14-15-7-9-16(10-8-15)20(26)24-11-4-5-12-24/h7-10,13H,3-6,11-12,14H2,1-2H3,(H,21,25). The Morgan fingerprint density at radius 2 is 1.85 bits per heavy atom. The number of aryl methyl sites for hydroxylation is 2. The van der Waals surface area contributed by atoms with Gasteiger partial charge in [0.05, 0.1) is 5.69 Å². The van der Waals surface area contributed by atoms with Gasteiger partial charge in [-0.05, 0) is 43.0 Å². The highest BCUT2D eigenvalue weighted by Gasteiger charge is 2.19. The zero-order valence-corrected chi connectivity index (χ0v) is 15.5. The predicted octanol–water partition coefficient (Wildman–Crippen LogP) is 2.54. The van der Waals surface area contributed by atoms with Crippen LogP contribution in [0.25, 0.3) is 0 Å². The fourth-order valence-corrected chi connectivity index (χ4v) is 3.26. The summed E-state index contributed by atoms with van der Waals surface area (Å²) in [5.74, 6) is -0.0454. The summed E-state index contributed by atoms with van der Waals surface area (Å²) in [5.41, 5.74) is 3.17. The van der Waals surface area contributed by atoms with Crippen LogP contribution in [0.5, 0.6) is 0 Å². The molecule has 0 radical (unpaired) electrons. The Morgan fingerprint density at radius 3 is 2.50 bits per heavy atom. The minimum Gasteiger partial charge on any atom is -0.347 e. The second kappa shape index (κ2) is 8.17. The molecule has 0 saturated carbocycles. The van der Waals surface area contributed by atoms with Crippen LogP contribution in [0.2, 0.25) is 0 Å². The third kappa shape index (κ3) is 4.12. The fourth-order valence-electron chi connectivity index (χ4n) is 3.26. The van der Waals surface area contributed by atoms with Crippen molar-refractivity contribution in [2.75, 3.05) is 13.1 Å². The highest BCUT2D eigenvalue weighted by atomic mass is 16.2. The number of hydrogen-bond donors (Lipinski definition) is 1. The molecule has 0 atom stereocenters. The second-order valence-electron chi connectivity index (χ2n) is 6.77. The first-order valence-electron chi connectivity index (χ1n) is 9.28. The molecule has 1 N–H and O–H groups in total. The number of carbonyl (C=O) groups is 2. The maximum Gasteiger partial charge on any atom is 0.269 e. The molecule has 0 aliphatic carbocycles. The smallest absolute Gasteiger partial charge is 0.269 e. The van der Waals surface area contributed by atoms with Gasteiger partial charge in [-0.3, -0.25) is 14.3 Å². The Morgan fingerprint density at radius 1 is 1.15 bits per heavy atom. The van der Waals surface area contributed by atoms with Crippen molar-refractivity contribution in [1.29, 1.82) is 0 Å². The van der Waals surface area contributed by atoms with E-state index in [9.17, 15) is 9.59 Å². The van der Waals surface area contributed by atoms with E-state index in [2.05, 4.69) is 17.3 Å². The maximum absolute atomic E-state index is 12.4. The normalized spacial score (nSPS) is 13.8. The zero-order chi connectivity index (χ0) is 18.5. The molecule has 2 aromatic rings. The van der Waals surface area contributed by atoms with Crippen molar-refractivity contribution < 1.29 is 9.59 Å². The van der Waals surface area contributed by atoms with Crippen molar-refractivity contribution in [2.24, 2.45) is 7.05 Å². The number of amides is 2. The summed E-state index contributed by atoms with van der Waals surface area (Å²) in [6.07, 6.45) is 4.04. The molecular weight excluding hydrogens is 328 g/mol. The zero-order valence-electron chi connectivity index (χ0n) is 15.5. The van der Waals surface area contributed by atoms with Gasteiger partial charge in [0, 0.05) is 32.2 Å². The average Bonchev–Trinajstić information content (AvgIpc) is 3.30. The first-order chi connectivity index (χ1) is 12.6. The van der Waals surface area contributed by atoms with E-state index >= 15 is 0 Å². The van der Waals surface area contributed by atoms with Crippen LogP contribution < -0.4 is 5.32 Å². The summed E-state index contributed by atoms with van der Waals surface area (Å²) in [7, 11) is 1.78. The Kier molecular flexibility index (Phi) is 5.71. The fraction of sp³-hybridized carbons (Fsp3) is 0.450. The molecule has 1 fully saturated rings. The lowest BCUT2D eigenvalue weighted by Gasteiger charge is -2.15. The lowest BCUT2D eigenvalue weighted by Crippen LogP contribution is -2.27. The van der Waals surface area contributed by atoms with Gasteiger partial charge in [0.25, 0.3) is 11.8 Å². The summed E-state index contributed by atoms with van der Waals surface area (Å²) in [4.78, 5) is 26.6. The Balaban J connectivity index is 1.57. The minimum atomic E-state index is -0.139. The summed E-state index contributed by atoms with van der Waals surface area (Å²) in [6.45, 7) is 4.21. The second-order valence-corrected chi connectivity index (χ2v) is 6.77. The Labute approximate surface area is 154 Å². The molecule has 26 heavy (non-hydrogen) atoms. The maximum atomic E-state index is 12.4. The lowest BCUT2D eigenvalue weighted by atomic mass is 10.1. The number of carbonyl (C=O) groups excluding carboxylic acids is 2. The molecule has 3 rings (SSSR count). The molecular formula is C20H26N4O2. The SMILES string of the molecule is CCCc1cc(C(=O)NCc2ccc(C(=O)N3CCCC3)cc2)n(C)n1. The van der Waals surface area contributed by atoms with Crippen molar-refractivity contribution >= 4 is 11.8 Å². The van der Waals surface area contributed by atoms with E-state index in [1.807, 2.05) is 35.2 Å². The van der Waals surface area contributed by atoms with Gasteiger partial charge in [0.2, 0.25) is 0 Å². The molecule has 138 valence electrons. The van der Waals surface area contributed by atoms with Gasteiger partial charge in [-0.15, -0.1) is 0 Å². The van der Waals surface area contributed by atoms with Gasteiger partial charge >= 0.3 is 0 Å². The topological polar surface area (TPSA) is 67.2 Å². The Hall–Kier alpha value is -2.63. The van der Waals surface area contributed by atoms with Gasteiger partial charge in [0.1, 0.15) is 5.69 Å². The van der Waals surface area contributed by atoms with Crippen molar-refractivity contribution in [3.63, 3.8) is 0 Å². The monoisotopic (exact) mass is 354 g/mol. The molecule has 1 aliphatic rings. The van der Waals surface area contributed by atoms with E-state index < -0.39 is 0 Å². The number of benzene rings is 1. The van der Waals surface area contributed by atoms with E-state index in [1.54, 1.807) is 11.7 Å². The van der Waals surface area contributed by atoms with Gasteiger partial charge in [-0.2, -0.15) is 5.10 Å². The van der Waals surface area contributed by atoms with E-state index in [4.69, 9.17) is 0 Å². The minimum absolute atomic E-state index is 0.0939. The quantitative estimate of drug-likeness (QED) is 0.867. The summed E-state index contributed by atoms with van der Waals surface area (Å²) >= 11 is 0. The molecule has 6 nitrogen and oxygen atoms in total. The van der Waals surface area contributed by atoms with Crippen LogP contribution in [-0.2, 0) is 20.0 Å². The predicted molar refractivity (Wildman–Crippen MR) is 100.0 cm³/mol. The van der Waals surface area contributed by atoms with Crippen LogP contribution in [0.3, 0.4) is 0 Å². The van der Waals surface area contributed by atoms with Crippen molar-refractivity contribution in [2.45, 2.75) is 39.2 Å². The number of aromatic nitrogens is 2. The largest absolute Gasteiger partial charge is 0.347 e. The van der Waals surface area contributed by atoms with Gasteiger partial charge in [-0.1, -0.05) is 25.5 Å². The van der Waals surface area contributed by atoms with E-state index in [0.29, 0.717) is 17.8 Å². The summed E-state index contributed by atoms with van der Waals surface area (Å²) in [5, 5.41) is 7.28. The first kappa shape index (κ1) is 18.2. The van der Waals surface area contributed by atoms with Crippen LogP contribution in [0, 0.1) is 0 Å². The number of likely N-dealkylation sites (tertiary alicyclic amines) is 1. The number of nitrogens with one attached hydrogen (secondary N) is 1. The molecule has 1 saturated heterocycles. The van der Waals surface area contributed by atoms with E-state index in [1.165, 1.54) is 0 Å². The number of nitrogens with zero attached hydrogens (tertiary/aromatic N) is 3. The summed E-state index contributed by atoms with van der Waals surface area (Å²) in [6, 6.07) is 9.32. The third-order valence-corrected chi connectivity index (χ3v) is 4.72. The molecule has 1 aliphatic heterocycles. The molecule has 0 unspecified atom stereocenters. The molecule has 0 bridgehead atoms. The molecule has 2 amide bonds. The molecule has 2 heterocycles. The average molecular weight is 354 g/mol. The van der Waals surface area contributed by atoms with Crippen LogP contribution >= 0.6 is 0 Å². The van der Waals surface area contributed by atoms with Gasteiger partial charge in [0.15, 0.2) is 0 Å². The van der Waals surface area contributed by atoms with Crippen LogP contribution in [0.4, 0.5) is 0 Å². The molecule has 1 aromatic carbocycles. The number of rotatable bonds is 6. The van der Waals surface area contributed by atoms with Gasteiger partial charge < -0.3 is 10.2 Å². The van der Waals surface area contributed by atoms with Crippen molar-refractivity contribution in [3.8, 4) is 0 Å². The molecule has 0 spiro atoms. The van der Waals surface area contributed by atoms with Crippen molar-refractivity contribution in [1.82, 2.24) is 20.0 Å². The lowest BCUT2D eigenvalue weighted by molar-refractivity contribution is 0.0792. The van der Waals surface area contributed by atoms with Crippen molar-refractivity contribution in [3.05, 3.63) is 52.8 Å². The van der Waals surface area contributed by atoms with Gasteiger partial charge in [-0.25, -0.2) is 0 Å².